The number of rotatable bonds is 7. The van der Waals surface area contributed by atoms with Crippen molar-refractivity contribution in [3.05, 3.63) is 39.5 Å². The Balaban J connectivity index is 2.00. The number of thiophene rings is 1. The summed E-state index contributed by atoms with van der Waals surface area (Å²) in [6, 6.07) is 5.31. The summed E-state index contributed by atoms with van der Waals surface area (Å²) < 4.78 is 10.4. The molecule has 0 saturated heterocycles. The highest BCUT2D eigenvalue weighted by molar-refractivity contribution is 7.07. The van der Waals surface area contributed by atoms with Gasteiger partial charge in [0.2, 0.25) is 5.91 Å². The Morgan fingerprint density at radius 2 is 2.04 bits per heavy atom. The van der Waals surface area contributed by atoms with Crippen LogP contribution in [0.15, 0.2) is 29.0 Å². The van der Waals surface area contributed by atoms with E-state index < -0.39 is 0 Å². The van der Waals surface area contributed by atoms with E-state index in [2.05, 4.69) is 10.7 Å². The number of halogens is 1. The van der Waals surface area contributed by atoms with Crippen molar-refractivity contribution >= 4 is 34.5 Å². The molecule has 7 heteroatoms. The van der Waals surface area contributed by atoms with E-state index in [1.165, 1.54) is 19.8 Å². The molecular formula is C16H19ClN2O3S. The molecule has 2 rings (SSSR count). The Morgan fingerprint density at radius 3 is 2.65 bits per heavy atom. The monoisotopic (exact) mass is 354 g/mol. The van der Waals surface area contributed by atoms with Gasteiger partial charge in [0, 0.05) is 12.6 Å². The van der Waals surface area contributed by atoms with Crippen LogP contribution in [-0.4, -0.2) is 38.6 Å². The Morgan fingerprint density at radius 1 is 1.30 bits per heavy atom. The lowest BCUT2D eigenvalue weighted by Gasteiger charge is -2.17. The Bertz CT molecular complexity index is 662. The molecule has 1 N–H and O–H groups in total. The van der Waals surface area contributed by atoms with E-state index in [0.717, 1.165) is 6.54 Å². The molecule has 0 atom stereocenters. The van der Waals surface area contributed by atoms with Gasteiger partial charge in [-0.1, -0.05) is 11.6 Å². The molecule has 0 fully saturated rings. The summed E-state index contributed by atoms with van der Waals surface area (Å²) in [5, 5.41) is 7.32. The van der Waals surface area contributed by atoms with E-state index >= 15 is 0 Å². The van der Waals surface area contributed by atoms with Crippen LogP contribution in [0.3, 0.4) is 0 Å². The molecule has 1 heterocycles. The molecule has 23 heavy (non-hydrogen) atoms. The lowest BCUT2D eigenvalue weighted by Crippen LogP contribution is -2.29. The van der Waals surface area contributed by atoms with E-state index in [9.17, 15) is 4.79 Å². The average Bonchev–Trinajstić information content (AvgIpc) is 3.00. The predicted octanol–water partition coefficient (Wildman–Crippen LogP) is 3.49. The van der Waals surface area contributed by atoms with E-state index in [1.807, 2.05) is 23.4 Å². The number of benzene rings is 1. The molecule has 0 bridgehead atoms. The van der Waals surface area contributed by atoms with Gasteiger partial charge in [0.05, 0.1) is 31.5 Å². The molecule has 1 aromatic heterocycles. The number of methoxy groups -OCH3 is 2. The normalized spacial score (nSPS) is 10.7. The molecule has 0 aliphatic heterocycles. The van der Waals surface area contributed by atoms with Gasteiger partial charge in [0.15, 0.2) is 0 Å². The van der Waals surface area contributed by atoms with Crippen molar-refractivity contribution in [1.29, 1.82) is 0 Å². The van der Waals surface area contributed by atoms with Crippen LogP contribution in [0.5, 0.6) is 11.5 Å². The minimum Gasteiger partial charge on any atom is -0.495 e. The lowest BCUT2D eigenvalue weighted by molar-refractivity contribution is -0.117. The fraction of sp³-hybridized carbons (Fsp3) is 0.312. The summed E-state index contributed by atoms with van der Waals surface area (Å²) in [5.74, 6) is 0.860. The van der Waals surface area contributed by atoms with Crippen molar-refractivity contribution in [3.8, 4) is 11.5 Å². The Labute approximate surface area is 144 Å². The fourth-order valence-corrected chi connectivity index (χ4v) is 3.04. The van der Waals surface area contributed by atoms with E-state index in [-0.39, 0.29) is 12.5 Å². The number of anilines is 1. The number of hydrogen-bond donors (Lipinski definition) is 1. The van der Waals surface area contributed by atoms with Gasteiger partial charge in [-0.05, 0) is 35.5 Å². The molecule has 5 nitrogen and oxygen atoms in total. The van der Waals surface area contributed by atoms with Crippen molar-refractivity contribution in [3.63, 3.8) is 0 Å². The van der Waals surface area contributed by atoms with Gasteiger partial charge < -0.3 is 14.8 Å². The average molecular weight is 355 g/mol. The van der Waals surface area contributed by atoms with Gasteiger partial charge in [-0.3, -0.25) is 9.69 Å². The molecule has 0 spiro atoms. The third-order valence-corrected chi connectivity index (χ3v) is 4.22. The summed E-state index contributed by atoms with van der Waals surface area (Å²) in [4.78, 5) is 14.1. The number of ether oxygens (including phenoxy) is 2. The summed E-state index contributed by atoms with van der Waals surface area (Å²) in [5.41, 5.74) is 1.71. The summed E-state index contributed by atoms with van der Waals surface area (Å²) in [6.45, 7) is 0.986. The van der Waals surface area contributed by atoms with E-state index in [0.29, 0.717) is 22.2 Å². The first-order valence-electron chi connectivity index (χ1n) is 6.94. The van der Waals surface area contributed by atoms with Crippen LogP contribution in [-0.2, 0) is 11.3 Å². The minimum absolute atomic E-state index is 0.137. The second-order valence-electron chi connectivity index (χ2n) is 5.04. The number of carbonyl (C=O) groups is 1. The molecular weight excluding hydrogens is 336 g/mol. The van der Waals surface area contributed by atoms with Gasteiger partial charge in [-0.25, -0.2) is 0 Å². The van der Waals surface area contributed by atoms with Crippen LogP contribution in [0.2, 0.25) is 5.02 Å². The SMILES string of the molecule is COc1cc(OC)c(NC(=O)CN(C)Cc2ccsc2)cc1Cl. The van der Waals surface area contributed by atoms with Crippen LogP contribution in [0.1, 0.15) is 5.56 Å². The number of nitrogens with zero attached hydrogens (tertiary/aromatic N) is 1. The standard InChI is InChI=1S/C16H19ClN2O3S/c1-19(8-11-4-5-23-10-11)9-16(20)18-13-6-12(17)14(21-2)7-15(13)22-3/h4-7,10H,8-9H2,1-3H3,(H,18,20). The van der Waals surface area contributed by atoms with E-state index in [1.54, 1.807) is 23.5 Å². The Hall–Kier alpha value is -1.76. The van der Waals surface area contributed by atoms with Crippen LogP contribution in [0.25, 0.3) is 0 Å². The zero-order valence-electron chi connectivity index (χ0n) is 13.3. The van der Waals surface area contributed by atoms with Crippen LogP contribution in [0.4, 0.5) is 5.69 Å². The fourth-order valence-electron chi connectivity index (χ4n) is 2.14. The number of amides is 1. The Kier molecular flexibility index (Phi) is 6.27. The number of nitrogens with one attached hydrogen (secondary N) is 1. The summed E-state index contributed by atoms with van der Waals surface area (Å²) >= 11 is 7.74. The van der Waals surface area contributed by atoms with Crippen molar-refractivity contribution in [2.75, 3.05) is 33.1 Å². The lowest BCUT2D eigenvalue weighted by atomic mass is 10.2. The minimum atomic E-state index is -0.137. The smallest absolute Gasteiger partial charge is 0.238 e. The largest absolute Gasteiger partial charge is 0.495 e. The third-order valence-electron chi connectivity index (χ3n) is 3.19. The zero-order valence-corrected chi connectivity index (χ0v) is 14.8. The number of hydrogen-bond acceptors (Lipinski definition) is 5. The second-order valence-corrected chi connectivity index (χ2v) is 6.23. The topological polar surface area (TPSA) is 50.8 Å². The molecule has 2 aromatic rings. The molecule has 0 radical (unpaired) electrons. The van der Waals surface area contributed by atoms with Crippen LogP contribution in [0, 0.1) is 0 Å². The van der Waals surface area contributed by atoms with Gasteiger partial charge in [0.1, 0.15) is 11.5 Å². The van der Waals surface area contributed by atoms with Crippen molar-refractivity contribution in [1.82, 2.24) is 4.90 Å². The predicted molar refractivity (Wildman–Crippen MR) is 93.8 cm³/mol. The second kappa shape index (κ2) is 8.19. The highest BCUT2D eigenvalue weighted by Gasteiger charge is 2.14. The van der Waals surface area contributed by atoms with Crippen LogP contribution >= 0.6 is 22.9 Å². The third kappa shape index (κ3) is 4.86. The van der Waals surface area contributed by atoms with Gasteiger partial charge in [0.25, 0.3) is 0 Å². The van der Waals surface area contributed by atoms with Crippen LogP contribution < -0.4 is 14.8 Å². The first-order valence-corrected chi connectivity index (χ1v) is 8.26. The quantitative estimate of drug-likeness (QED) is 0.827. The molecule has 124 valence electrons. The first-order chi connectivity index (χ1) is 11.0. The van der Waals surface area contributed by atoms with Gasteiger partial charge in [-0.15, -0.1) is 0 Å². The zero-order chi connectivity index (χ0) is 16.8. The van der Waals surface area contributed by atoms with Crippen molar-refractivity contribution in [2.24, 2.45) is 0 Å². The maximum Gasteiger partial charge on any atom is 0.238 e. The summed E-state index contributed by atoms with van der Waals surface area (Å²) in [7, 11) is 4.95. The van der Waals surface area contributed by atoms with Crippen molar-refractivity contribution in [2.45, 2.75) is 6.54 Å². The van der Waals surface area contributed by atoms with E-state index in [4.69, 9.17) is 21.1 Å². The van der Waals surface area contributed by atoms with Crippen molar-refractivity contribution < 1.29 is 14.3 Å². The number of carbonyl (C=O) groups excluding carboxylic acids is 1. The molecule has 0 aliphatic carbocycles. The first kappa shape index (κ1) is 17.6. The van der Waals surface area contributed by atoms with Gasteiger partial charge >= 0.3 is 0 Å². The molecule has 0 saturated carbocycles. The molecule has 1 aromatic carbocycles. The number of likely N-dealkylation sites (N-methyl/N-ethyl adjacent to an activating group) is 1. The maximum atomic E-state index is 12.2. The van der Waals surface area contributed by atoms with Gasteiger partial charge in [-0.2, -0.15) is 11.3 Å². The highest BCUT2D eigenvalue weighted by atomic mass is 35.5. The molecule has 0 aliphatic rings. The maximum absolute atomic E-state index is 12.2. The summed E-state index contributed by atoms with van der Waals surface area (Å²) in [6.07, 6.45) is 0. The molecule has 1 amide bonds. The highest BCUT2D eigenvalue weighted by Crippen LogP contribution is 2.35. The molecule has 0 unspecified atom stereocenters.